The Labute approximate surface area is 154 Å². The summed E-state index contributed by atoms with van der Waals surface area (Å²) in [6.45, 7) is -0.602. The predicted molar refractivity (Wildman–Crippen MR) is 93.6 cm³/mol. The number of amides is 1. The molecule has 0 aliphatic heterocycles. The van der Waals surface area contributed by atoms with Crippen molar-refractivity contribution in [2.75, 3.05) is 10.8 Å². The number of benzene rings is 2. The van der Waals surface area contributed by atoms with Crippen LogP contribution < -0.4 is 9.62 Å². The van der Waals surface area contributed by atoms with Gasteiger partial charge in [-0.3, -0.25) is 9.10 Å². The van der Waals surface area contributed by atoms with Gasteiger partial charge in [0, 0.05) is 6.04 Å². The normalized spacial score (nSPS) is 14.6. The van der Waals surface area contributed by atoms with Gasteiger partial charge >= 0.3 is 6.18 Å². The van der Waals surface area contributed by atoms with E-state index in [0.717, 1.165) is 31.0 Å². The quantitative estimate of drug-likeness (QED) is 0.813. The number of hydrogen-bond acceptors (Lipinski definition) is 3. The fourth-order valence-electron chi connectivity index (χ4n) is 2.50. The average Bonchev–Trinajstić information content (AvgIpc) is 3.43. The van der Waals surface area contributed by atoms with Crippen LogP contribution in [0.15, 0.2) is 59.5 Å². The minimum absolute atomic E-state index is 0.000267. The lowest BCUT2D eigenvalue weighted by Crippen LogP contribution is -2.41. The van der Waals surface area contributed by atoms with Crippen LogP contribution in [0.3, 0.4) is 0 Å². The first kappa shape index (κ1) is 19.2. The average molecular weight is 398 g/mol. The van der Waals surface area contributed by atoms with E-state index in [0.29, 0.717) is 4.31 Å². The van der Waals surface area contributed by atoms with Gasteiger partial charge in [0.05, 0.1) is 16.1 Å². The first-order valence-electron chi connectivity index (χ1n) is 8.22. The lowest BCUT2D eigenvalue weighted by Gasteiger charge is -2.25. The Kier molecular flexibility index (Phi) is 5.14. The molecule has 0 atom stereocenters. The van der Waals surface area contributed by atoms with Gasteiger partial charge in [-0.15, -0.1) is 0 Å². The summed E-state index contributed by atoms with van der Waals surface area (Å²) in [6, 6.07) is 11.2. The van der Waals surface area contributed by atoms with E-state index in [1.165, 1.54) is 30.3 Å². The van der Waals surface area contributed by atoms with Crippen LogP contribution in [0.1, 0.15) is 18.4 Å². The molecule has 3 rings (SSSR count). The fourth-order valence-corrected chi connectivity index (χ4v) is 3.94. The number of alkyl halides is 3. The van der Waals surface area contributed by atoms with Gasteiger partial charge in [-0.2, -0.15) is 13.2 Å². The number of rotatable bonds is 6. The van der Waals surface area contributed by atoms with Gasteiger partial charge in [-0.05, 0) is 43.2 Å². The van der Waals surface area contributed by atoms with Crippen LogP contribution in [0.2, 0.25) is 0 Å². The smallest absolute Gasteiger partial charge is 0.352 e. The molecule has 0 radical (unpaired) electrons. The van der Waals surface area contributed by atoms with Crippen molar-refractivity contribution >= 4 is 21.6 Å². The molecule has 2 aromatic carbocycles. The van der Waals surface area contributed by atoms with E-state index in [1.807, 2.05) is 0 Å². The highest BCUT2D eigenvalue weighted by Gasteiger charge is 2.34. The number of carbonyl (C=O) groups excluding carboxylic acids is 1. The van der Waals surface area contributed by atoms with Gasteiger partial charge in [-0.25, -0.2) is 8.42 Å². The molecule has 0 saturated heterocycles. The van der Waals surface area contributed by atoms with Gasteiger partial charge in [0.15, 0.2) is 0 Å². The summed E-state index contributed by atoms with van der Waals surface area (Å²) in [5.74, 6) is -0.561. The zero-order valence-corrected chi connectivity index (χ0v) is 14.9. The molecule has 2 aromatic rings. The second kappa shape index (κ2) is 7.22. The summed E-state index contributed by atoms with van der Waals surface area (Å²) in [5, 5.41) is 2.66. The van der Waals surface area contributed by atoms with Crippen molar-refractivity contribution in [1.29, 1.82) is 0 Å². The van der Waals surface area contributed by atoms with Crippen LogP contribution in [-0.4, -0.2) is 26.9 Å². The zero-order chi connectivity index (χ0) is 19.7. The number of carbonyl (C=O) groups is 1. The van der Waals surface area contributed by atoms with Crippen LogP contribution in [0.5, 0.6) is 0 Å². The van der Waals surface area contributed by atoms with E-state index < -0.39 is 34.2 Å². The van der Waals surface area contributed by atoms with Gasteiger partial charge < -0.3 is 5.32 Å². The molecule has 1 aliphatic carbocycles. The lowest BCUT2D eigenvalue weighted by atomic mass is 10.2. The fraction of sp³-hybridized carbons (Fsp3) is 0.278. The van der Waals surface area contributed by atoms with Crippen LogP contribution in [-0.2, 0) is 21.0 Å². The second-order valence-electron chi connectivity index (χ2n) is 6.21. The molecular weight excluding hydrogens is 381 g/mol. The Morgan fingerprint density at radius 3 is 2.33 bits per heavy atom. The third kappa shape index (κ3) is 4.60. The van der Waals surface area contributed by atoms with Gasteiger partial charge in [0.1, 0.15) is 6.54 Å². The molecule has 9 heteroatoms. The summed E-state index contributed by atoms with van der Waals surface area (Å²) in [4.78, 5) is 12.1. The van der Waals surface area contributed by atoms with Crippen molar-refractivity contribution < 1.29 is 26.4 Å². The van der Waals surface area contributed by atoms with E-state index in [1.54, 1.807) is 6.07 Å². The molecule has 1 N–H and O–H groups in total. The van der Waals surface area contributed by atoms with E-state index in [-0.39, 0.29) is 16.6 Å². The first-order valence-corrected chi connectivity index (χ1v) is 9.66. The Morgan fingerprint density at radius 2 is 1.74 bits per heavy atom. The molecule has 0 aromatic heterocycles. The maximum atomic E-state index is 13.0. The molecule has 1 amide bonds. The number of nitrogens with one attached hydrogen (secondary N) is 1. The minimum Gasteiger partial charge on any atom is -0.352 e. The number of sulfonamides is 1. The Balaban J connectivity index is 2.01. The zero-order valence-electron chi connectivity index (χ0n) is 14.1. The Hall–Kier alpha value is -2.55. The van der Waals surface area contributed by atoms with E-state index in [2.05, 4.69) is 5.32 Å². The van der Waals surface area contributed by atoms with E-state index >= 15 is 0 Å². The molecule has 1 fully saturated rings. The van der Waals surface area contributed by atoms with Crippen LogP contribution in [0.25, 0.3) is 0 Å². The molecule has 0 heterocycles. The maximum Gasteiger partial charge on any atom is 0.416 e. The van der Waals surface area contributed by atoms with Gasteiger partial charge in [-0.1, -0.05) is 24.3 Å². The first-order chi connectivity index (χ1) is 12.7. The van der Waals surface area contributed by atoms with Crippen molar-refractivity contribution in [3.8, 4) is 0 Å². The molecule has 5 nitrogen and oxygen atoms in total. The summed E-state index contributed by atoms with van der Waals surface area (Å²) in [6.07, 6.45) is -3.02. The van der Waals surface area contributed by atoms with Crippen LogP contribution in [0.4, 0.5) is 18.9 Å². The molecule has 1 saturated carbocycles. The molecule has 1 aliphatic rings. The van der Waals surface area contributed by atoms with Gasteiger partial charge in [0.2, 0.25) is 5.91 Å². The molecule has 144 valence electrons. The number of halogens is 3. The van der Waals surface area contributed by atoms with Crippen molar-refractivity contribution in [2.45, 2.75) is 30.0 Å². The van der Waals surface area contributed by atoms with Crippen molar-refractivity contribution in [3.63, 3.8) is 0 Å². The summed E-state index contributed by atoms with van der Waals surface area (Å²) >= 11 is 0. The Morgan fingerprint density at radius 1 is 1.07 bits per heavy atom. The third-order valence-corrected chi connectivity index (χ3v) is 5.81. The van der Waals surface area contributed by atoms with Crippen molar-refractivity contribution in [3.05, 3.63) is 60.2 Å². The van der Waals surface area contributed by atoms with Crippen molar-refractivity contribution in [1.82, 2.24) is 5.32 Å². The van der Waals surface area contributed by atoms with Gasteiger partial charge in [0.25, 0.3) is 10.0 Å². The third-order valence-electron chi connectivity index (χ3n) is 4.02. The van der Waals surface area contributed by atoms with E-state index in [9.17, 15) is 26.4 Å². The molecular formula is C18H17F3N2O3S. The minimum atomic E-state index is -4.63. The highest BCUT2D eigenvalue weighted by molar-refractivity contribution is 7.92. The SMILES string of the molecule is O=C(CN(c1cccc(C(F)(F)F)c1)S(=O)(=O)c1ccccc1)NC1CC1. The molecule has 0 unspecified atom stereocenters. The highest BCUT2D eigenvalue weighted by Crippen LogP contribution is 2.33. The Bertz CT molecular complexity index is 926. The summed E-state index contributed by atoms with van der Waals surface area (Å²) in [7, 11) is -4.22. The standard InChI is InChI=1S/C18H17F3N2O3S/c19-18(20,21)13-5-4-6-15(11-13)23(12-17(24)22-14-9-10-14)27(25,26)16-7-2-1-3-8-16/h1-8,11,14H,9-10,12H2,(H,22,24). The van der Waals surface area contributed by atoms with Crippen LogP contribution >= 0.6 is 0 Å². The largest absolute Gasteiger partial charge is 0.416 e. The van der Waals surface area contributed by atoms with Crippen LogP contribution in [0, 0.1) is 0 Å². The number of anilines is 1. The van der Waals surface area contributed by atoms with Crippen molar-refractivity contribution in [2.24, 2.45) is 0 Å². The maximum absolute atomic E-state index is 13.0. The predicted octanol–water partition coefficient (Wildman–Crippen LogP) is 3.18. The molecule has 27 heavy (non-hydrogen) atoms. The topological polar surface area (TPSA) is 66.5 Å². The highest BCUT2D eigenvalue weighted by atomic mass is 32.2. The molecule has 0 bridgehead atoms. The number of nitrogens with zero attached hydrogens (tertiary/aromatic N) is 1. The summed E-state index contributed by atoms with van der Waals surface area (Å²) < 4.78 is 65.8. The number of hydrogen-bond donors (Lipinski definition) is 1. The monoisotopic (exact) mass is 398 g/mol. The second-order valence-corrected chi connectivity index (χ2v) is 8.08. The lowest BCUT2D eigenvalue weighted by molar-refractivity contribution is -0.137. The van der Waals surface area contributed by atoms with E-state index in [4.69, 9.17) is 0 Å². The summed E-state index contributed by atoms with van der Waals surface area (Å²) in [5.41, 5.74) is -1.21. The molecule has 0 spiro atoms.